The third-order valence-corrected chi connectivity index (χ3v) is 5.97. The van der Waals surface area contributed by atoms with Gasteiger partial charge >= 0.3 is 0 Å². The Balaban J connectivity index is 1.47. The summed E-state index contributed by atoms with van der Waals surface area (Å²) in [4.78, 5) is 1.90. The molecule has 0 saturated heterocycles. The molecular weight excluding hydrogens is 404 g/mol. The van der Waals surface area contributed by atoms with Gasteiger partial charge in [-0.15, -0.1) is 0 Å². The number of hydrogen-bond acceptors (Lipinski definition) is 4. The minimum absolute atomic E-state index is 0.591. The fourth-order valence-electron chi connectivity index (χ4n) is 4.02. The van der Waals surface area contributed by atoms with Crippen molar-refractivity contribution in [2.45, 2.75) is 57.9 Å². The van der Waals surface area contributed by atoms with Gasteiger partial charge < -0.3 is 10.6 Å². The summed E-state index contributed by atoms with van der Waals surface area (Å²) in [5, 5.41) is 9.72. The Morgan fingerprint density at radius 2 is 1.77 bits per heavy atom. The predicted molar refractivity (Wildman–Crippen MR) is 140 cm³/mol. The molecule has 0 aliphatic heterocycles. The first-order valence-corrected chi connectivity index (χ1v) is 11.8. The van der Waals surface area contributed by atoms with Crippen LogP contribution in [0.15, 0.2) is 66.4 Å². The molecule has 30 heavy (non-hydrogen) atoms. The van der Waals surface area contributed by atoms with E-state index in [0.29, 0.717) is 6.04 Å². The fraction of sp³-hybridized carbons (Fsp3) is 0.385. The second-order valence-electron chi connectivity index (χ2n) is 8.04. The highest BCUT2D eigenvalue weighted by Gasteiger charge is 2.14. The number of thiocarbonyl (C=S) groups is 2. The van der Waals surface area contributed by atoms with E-state index in [1.54, 1.807) is 0 Å². The molecular formula is C26H32N2S2. The minimum Gasteiger partial charge on any atom is -0.386 e. The van der Waals surface area contributed by atoms with E-state index in [1.165, 1.54) is 48.6 Å². The summed E-state index contributed by atoms with van der Waals surface area (Å²) in [6.45, 7) is 2.74. The molecule has 0 bridgehead atoms. The smallest absolute Gasteiger partial charge is 0.0422 e. The maximum Gasteiger partial charge on any atom is 0.0422 e. The van der Waals surface area contributed by atoms with Gasteiger partial charge in [0.1, 0.15) is 0 Å². The monoisotopic (exact) mass is 436 g/mol. The van der Waals surface area contributed by atoms with Gasteiger partial charge in [0.25, 0.3) is 0 Å². The molecule has 1 aliphatic rings. The van der Waals surface area contributed by atoms with Gasteiger partial charge in [0.15, 0.2) is 0 Å². The molecule has 0 aromatic heterocycles. The molecule has 0 radical (unpaired) electrons. The zero-order chi connectivity index (χ0) is 21.2. The van der Waals surface area contributed by atoms with Crippen LogP contribution in [0.5, 0.6) is 0 Å². The standard InChI is InChI=1S/C26H32N2S2/c1-20(29)19-23(28-22-11-3-2-4-12-22)16-17-24(30)13-8-18-27-26-15-7-10-21-9-5-6-14-25(21)26/h5-10,13-15,19,22,27-28H,2-4,11-12,16-18H2,1H3. The van der Waals surface area contributed by atoms with Crippen molar-refractivity contribution in [2.75, 3.05) is 11.9 Å². The highest BCUT2D eigenvalue weighted by Crippen LogP contribution is 2.23. The Hall–Kier alpha value is -2.04. The largest absolute Gasteiger partial charge is 0.386 e. The van der Waals surface area contributed by atoms with E-state index < -0.39 is 0 Å². The summed E-state index contributed by atoms with van der Waals surface area (Å²) in [6.07, 6.45) is 14.6. The van der Waals surface area contributed by atoms with E-state index in [-0.39, 0.29) is 0 Å². The number of rotatable bonds is 10. The zero-order valence-corrected chi connectivity index (χ0v) is 19.5. The molecule has 2 aromatic rings. The van der Waals surface area contributed by atoms with Crippen molar-refractivity contribution in [3.63, 3.8) is 0 Å². The van der Waals surface area contributed by atoms with Crippen molar-refractivity contribution >= 4 is 50.6 Å². The maximum atomic E-state index is 5.60. The number of nitrogens with one attached hydrogen (secondary N) is 2. The lowest BCUT2D eigenvalue weighted by Gasteiger charge is -2.25. The Bertz CT molecular complexity index is 918. The molecule has 1 fully saturated rings. The van der Waals surface area contributed by atoms with Gasteiger partial charge in [0, 0.05) is 39.1 Å². The molecule has 158 valence electrons. The summed E-state index contributed by atoms with van der Waals surface area (Å²) in [5.41, 5.74) is 2.39. The van der Waals surface area contributed by atoms with Crippen LogP contribution in [0.3, 0.4) is 0 Å². The first-order chi connectivity index (χ1) is 14.6. The third-order valence-electron chi connectivity index (χ3n) is 5.52. The molecule has 0 spiro atoms. The molecule has 3 rings (SSSR count). The van der Waals surface area contributed by atoms with Crippen LogP contribution in [0.4, 0.5) is 5.69 Å². The van der Waals surface area contributed by atoms with Crippen LogP contribution in [0.25, 0.3) is 10.8 Å². The van der Waals surface area contributed by atoms with Crippen molar-refractivity contribution in [1.82, 2.24) is 5.32 Å². The van der Waals surface area contributed by atoms with Gasteiger partial charge in [0.2, 0.25) is 0 Å². The van der Waals surface area contributed by atoms with Crippen LogP contribution in [0.2, 0.25) is 0 Å². The molecule has 2 N–H and O–H groups in total. The van der Waals surface area contributed by atoms with E-state index >= 15 is 0 Å². The molecule has 0 unspecified atom stereocenters. The molecule has 4 heteroatoms. The van der Waals surface area contributed by atoms with E-state index in [9.17, 15) is 0 Å². The van der Waals surface area contributed by atoms with E-state index in [2.05, 4.69) is 71.3 Å². The highest BCUT2D eigenvalue weighted by molar-refractivity contribution is 7.81. The summed E-state index contributed by atoms with van der Waals surface area (Å²) in [7, 11) is 0. The van der Waals surface area contributed by atoms with Gasteiger partial charge in [-0.2, -0.15) is 0 Å². The Morgan fingerprint density at radius 1 is 1.00 bits per heavy atom. The Morgan fingerprint density at radius 3 is 2.57 bits per heavy atom. The molecule has 0 amide bonds. The lowest BCUT2D eigenvalue weighted by molar-refractivity contribution is 0.393. The van der Waals surface area contributed by atoms with Crippen LogP contribution in [0, 0.1) is 0 Å². The van der Waals surface area contributed by atoms with Crippen molar-refractivity contribution in [3.05, 3.63) is 66.4 Å². The second kappa shape index (κ2) is 12.0. The van der Waals surface area contributed by atoms with Gasteiger partial charge in [-0.3, -0.25) is 0 Å². The molecule has 2 nitrogen and oxygen atoms in total. The first-order valence-electron chi connectivity index (χ1n) is 11.0. The number of hydrogen-bond donors (Lipinski definition) is 2. The Kier molecular flexibility index (Phi) is 9.03. The third kappa shape index (κ3) is 7.33. The lowest BCUT2D eigenvalue weighted by atomic mass is 9.95. The van der Waals surface area contributed by atoms with Crippen LogP contribution in [-0.2, 0) is 0 Å². The van der Waals surface area contributed by atoms with E-state index in [1.807, 2.05) is 6.92 Å². The van der Waals surface area contributed by atoms with Crippen LogP contribution in [0.1, 0.15) is 51.9 Å². The summed E-state index contributed by atoms with van der Waals surface area (Å²) >= 11 is 10.9. The molecule has 2 aromatic carbocycles. The normalized spacial score (nSPS) is 15.4. The van der Waals surface area contributed by atoms with Gasteiger partial charge in [-0.25, -0.2) is 0 Å². The van der Waals surface area contributed by atoms with Crippen molar-refractivity contribution in [2.24, 2.45) is 0 Å². The average molecular weight is 437 g/mol. The molecule has 1 aliphatic carbocycles. The van der Waals surface area contributed by atoms with Crippen molar-refractivity contribution in [1.29, 1.82) is 0 Å². The molecule has 0 atom stereocenters. The van der Waals surface area contributed by atoms with Gasteiger partial charge in [-0.1, -0.05) is 92.2 Å². The topological polar surface area (TPSA) is 24.1 Å². The highest BCUT2D eigenvalue weighted by atomic mass is 32.1. The number of fused-ring (bicyclic) bond motifs is 1. The molecule has 1 saturated carbocycles. The summed E-state index contributed by atoms with van der Waals surface area (Å²) in [5.74, 6) is 0. The number of benzene rings is 2. The maximum absolute atomic E-state index is 5.60. The van der Waals surface area contributed by atoms with E-state index in [0.717, 1.165) is 34.8 Å². The SMILES string of the molecule is CC(=S)C=C(CCC(=S)C=CCNc1cccc2ccccc12)NC1CCCCC1. The second-order valence-corrected chi connectivity index (χ2v) is 9.20. The van der Waals surface area contributed by atoms with Gasteiger partial charge in [0.05, 0.1) is 0 Å². The lowest BCUT2D eigenvalue weighted by Crippen LogP contribution is -2.30. The van der Waals surface area contributed by atoms with Crippen molar-refractivity contribution in [3.8, 4) is 0 Å². The fourth-order valence-corrected chi connectivity index (χ4v) is 4.36. The van der Waals surface area contributed by atoms with Crippen molar-refractivity contribution < 1.29 is 0 Å². The van der Waals surface area contributed by atoms with Crippen LogP contribution in [-0.4, -0.2) is 22.3 Å². The summed E-state index contributed by atoms with van der Waals surface area (Å²) in [6, 6.07) is 15.4. The van der Waals surface area contributed by atoms with E-state index in [4.69, 9.17) is 24.4 Å². The minimum atomic E-state index is 0.591. The predicted octanol–water partition coefficient (Wildman–Crippen LogP) is 7.15. The molecule has 0 heterocycles. The van der Waals surface area contributed by atoms with Crippen LogP contribution >= 0.6 is 24.4 Å². The zero-order valence-electron chi connectivity index (χ0n) is 17.8. The number of allylic oxidation sites excluding steroid dienone is 3. The average Bonchev–Trinajstić information content (AvgIpc) is 2.75. The van der Waals surface area contributed by atoms with Crippen LogP contribution < -0.4 is 10.6 Å². The quantitative estimate of drug-likeness (QED) is 0.305. The Labute approximate surface area is 191 Å². The first kappa shape index (κ1) is 22.6. The summed E-state index contributed by atoms with van der Waals surface area (Å²) < 4.78 is 0. The van der Waals surface area contributed by atoms with Gasteiger partial charge in [-0.05, 0) is 50.1 Å². The number of anilines is 1.